The summed E-state index contributed by atoms with van der Waals surface area (Å²) >= 11 is 0. The van der Waals surface area contributed by atoms with Crippen molar-refractivity contribution < 1.29 is 18.0 Å². The lowest BCUT2D eigenvalue weighted by atomic mass is 10.2. The molecule has 1 saturated heterocycles. The molecule has 1 aromatic carbocycles. The molecular weight excluding hydrogens is 430 g/mol. The summed E-state index contributed by atoms with van der Waals surface area (Å²) in [6.45, 7) is 5.34. The van der Waals surface area contributed by atoms with Crippen LogP contribution in [0, 0.1) is 6.92 Å². The van der Waals surface area contributed by atoms with E-state index in [1.165, 1.54) is 13.0 Å². The van der Waals surface area contributed by atoms with Crippen molar-refractivity contribution in [3.8, 4) is 0 Å². The summed E-state index contributed by atoms with van der Waals surface area (Å²) in [6.07, 6.45) is 4.18. The monoisotopic (exact) mass is 457 g/mol. The van der Waals surface area contributed by atoms with Gasteiger partial charge in [-0.05, 0) is 68.5 Å². The Balaban J connectivity index is 1.45. The number of carbonyl (C=O) groups is 2. The summed E-state index contributed by atoms with van der Waals surface area (Å²) in [5.41, 5.74) is 2.33. The molecule has 10 heteroatoms. The smallest absolute Gasteiger partial charge is 0.324 e. The fourth-order valence-electron chi connectivity index (χ4n) is 4.02. The van der Waals surface area contributed by atoms with E-state index < -0.39 is 22.0 Å². The van der Waals surface area contributed by atoms with Gasteiger partial charge in [0.15, 0.2) is 0 Å². The minimum absolute atomic E-state index is 0.0231. The number of rotatable bonds is 5. The van der Waals surface area contributed by atoms with Crippen molar-refractivity contribution in [1.82, 2.24) is 14.6 Å². The average molecular weight is 458 g/mol. The predicted octanol–water partition coefficient (Wildman–Crippen LogP) is 2.27. The maximum absolute atomic E-state index is 12.9. The Morgan fingerprint density at radius 3 is 2.59 bits per heavy atom. The maximum Gasteiger partial charge on any atom is 0.324 e. The fourth-order valence-corrected chi connectivity index (χ4v) is 5.27. The number of urea groups is 1. The van der Waals surface area contributed by atoms with E-state index in [0.29, 0.717) is 18.8 Å². The molecule has 2 N–H and O–H groups in total. The Kier molecular flexibility index (Phi) is 6.16. The largest absolute Gasteiger partial charge is 0.324 e. The molecule has 0 saturated carbocycles. The van der Waals surface area contributed by atoms with Gasteiger partial charge in [0.25, 0.3) is 0 Å². The zero-order chi connectivity index (χ0) is 22.9. The van der Waals surface area contributed by atoms with Crippen LogP contribution in [0.4, 0.5) is 16.3 Å². The van der Waals surface area contributed by atoms with E-state index in [4.69, 9.17) is 0 Å². The van der Waals surface area contributed by atoms with E-state index >= 15 is 0 Å². The number of nitrogens with zero attached hydrogens (tertiary/aromatic N) is 3. The van der Waals surface area contributed by atoms with Gasteiger partial charge in [0.2, 0.25) is 15.9 Å². The second-order valence-corrected chi connectivity index (χ2v) is 9.88. The number of pyridine rings is 1. The summed E-state index contributed by atoms with van der Waals surface area (Å²) in [5.74, 6) is -0.109. The number of sulfonamides is 1. The second-order valence-electron chi connectivity index (χ2n) is 8.17. The van der Waals surface area contributed by atoms with Crippen LogP contribution < -0.4 is 14.9 Å². The molecule has 4 rings (SSSR count). The molecular formula is C22H27N5O4S. The number of amides is 3. The topological polar surface area (TPSA) is 112 Å². The van der Waals surface area contributed by atoms with Crippen LogP contribution in [0.3, 0.4) is 0 Å². The lowest BCUT2D eigenvalue weighted by molar-refractivity contribution is -0.117. The Hall–Kier alpha value is -2.98. The van der Waals surface area contributed by atoms with Crippen molar-refractivity contribution >= 4 is 33.5 Å². The molecule has 0 aliphatic carbocycles. The first-order valence-corrected chi connectivity index (χ1v) is 12.2. The van der Waals surface area contributed by atoms with Gasteiger partial charge in [0.1, 0.15) is 5.82 Å². The SMILES string of the molecule is Cc1cccnc1NC(=O)[C@@H](C)NS(=O)(=O)c1ccc2c(c1)CCN2C(=O)N1CCCC1. The third-order valence-electron chi connectivity index (χ3n) is 5.84. The van der Waals surface area contributed by atoms with E-state index in [-0.39, 0.29) is 10.9 Å². The van der Waals surface area contributed by atoms with E-state index in [1.54, 1.807) is 42.3 Å². The summed E-state index contributed by atoms with van der Waals surface area (Å²) in [7, 11) is -3.93. The molecule has 32 heavy (non-hydrogen) atoms. The highest BCUT2D eigenvalue weighted by atomic mass is 32.2. The maximum atomic E-state index is 12.9. The minimum Gasteiger partial charge on any atom is -0.324 e. The van der Waals surface area contributed by atoms with Crippen molar-refractivity contribution in [2.24, 2.45) is 0 Å². The standard InChI is InChI=1S/C22H27N5O4S/c1-15-6-5-10-23-20(15)24-21(28)16(2)25-32(30,31)18-7-8-19-17(14-18)9-13-27(19)22(29)26-11-3-4-12-26/h5-8,10,14,16,25H,3-4,9,11-13H2,1-2H3,(H,23,24,28)/t16-/m1/s1. The molecule has 1 aromatic heterocycles. The van der Waals surface area contributed by atoms with Gasteiger partial charge in [-0.1, -0.05) is 6.07 Å². The van der Waals surface area contributed by atoms with E-state index in [9.17, 15) is 18.0 Å². The summed E-state index contributed by atoms with van der Waals surface area (Å²) in [5, 5.41) is 2.64. The number of aromatic nitrogens is 1. The van der Waals surface area contributed by atoms with Crippen LogP contribution in [-0.2, 0) is 21.2 Å². The highest BCUT2D eigenvalue weighted by molar-refractivity contribution is 7.89. The number of nitrogens with one attached hydrogen (secondary N) is 2. The van der Waals surface area contributed by atoms with Crippen LogP contribution >= 0.6 is 0 Å². The van der Waals surface area contributed by atoms with Crippen LogP contribution in [0.5, 0.6) is 0 Å². The molecule has 3 amide bonds. The van der Waals surface area contributed by atoms with Crippen LogP contribution in [0.15, 0.2) is 41.4 Å². The number of hydrogen-bond donors (Lipinski definition) is 2. The first-order chi connectivity index (χ1) is 15.3. The van der Waals surface area contributed by atoms with Gasteiger partial charge < -0.3 is 10.2 Å². The molecule has 0 unspecified atom stereocenters. The number of likely N-dealkylation sites (tertiary alicyclic amines) is 1. The highest BCUT2D eigenvalue weighted by Crippen LogP contribution is 2.31. The molecule has 0 spiro atoms. The van der Waals surface area contributed by atoms with Gasteiger partial charge in [-0.2, -0.15) is 4.72 Å². The Bertz CT molecular complexity index is 1140. The van der Waals surface area contributed by atoms with E-state index in [1.807, 2.05) is 4.90 Å². The molecule has 170 valence electrons. The van der Waals surface area contributed by atoms with Gasteiger partial charge in [0, 0.05) is 31.5 Å². The molecule has 9 nitrogen and oxygen atoms in total. The molecule has 2 aliphatic rings. The zero-order valence-electron chi connectivity index (χ0n) is 18.2. The number of benzene rings is 1. The first kappa shape index (κ1) is 22.2. The third kappa shape index (κ3) is 4.46. The normalized spacial score (nSPS) is 16.7. The number of anilines is 2. The summed E-state index contributed by atoms with van der Waals surface area (Å²) < 4.78 is 28.2. The average Bonchev–Trinajstić information content (AvgIpc) is 3.44. The lowest BCUT2D eigenvalue weighted by Gasteiger charge is -2.24. The van der Waals surface area contributed by atoms with Crippen LogP contribution in [0.1, 0.15) is 30.9 Å². The summed E-state index contributed by atoms with van der Waals surface area (Å²) in [6, 6.07) is 7.28. The number of aryl methyl sites for hydroxylation is 1. The van der Waals surface area contributed by atoms with Crippen molar-refractivity contribution in [2.45, 2.75) is 44.0 Å². The molecule has 3 heterocycles. The van der Waals surface area contributed by atoms with Crippen molar-refractivity contribution in [1.29, 1.82) is 0 Å². The minimum atomic E-state index is -3.93. The molecule has 1 fully saturated rings. The first-order valence-electron chi connectivity index (χ1n) is 10.7. The van der Waals surface area contributed by atoms with Gasteiger partial charge in [-0.3, -0.25) is 9.69 Å². The third-order valence-corrected chi connectivity index (χ3v) is 7.38. The molecule has 2 aromatic rings. The summed E-state index contributed by atoms with van der Waals surface area (Å²) in [4.78, 5) is 33.0. The van der Waals surface area contributed by atoms with Gasteiger partial charge in [-0.25, -0.2) is 18.2 Å². The van der Waals surface area contributed by atoms with Crippen LogP contribution in [0.2, 0.25) is 0 Å². The van der Waals surface area contributed by atoms with Crippen LogP contribution in [0.25, 0.3) is 0 Å². The van der Waals surface area contributed by atoms with Gasteiger partial charge in [0.05, 0.1) is 10.9 Å². The Morgan fingerprint density at radius 2 is 1.88 bits per heavy atom. The van der Waals surface area contributed by atoms with Crippen molar-refractivity contribution in [2.75, 3.05) is 29.9 Å². The number of carbonyl (C=O) groups excluding carboxylic acids is 2. The van der Waals surface area contributed by atoms with Crippen LogP contribution in [-0.4, -0.2) is 55.9 Å². The van der Waals surface area contributed by atoms with Gasteiger partial charge in [-0.15, -0.1) is 0 Å². The zero-order valence-corrected chi connectivity index (χ0v) is 19.0. The number of fused-ring (bicyclic) bond motifs is 1. The van der Waals surface area contributed by atoms with E-state index in [0.717, 1.165) is 42.7 Å². The molecule has 2 aliphatic heterocycles. The van der Waals surface area contributed by atoms with Crippen molar-refractivity contribution in [3.63, 3.8) is 0 Å². The Morgan fingerprint density at radius 1 is 1.12 bits per heavy atom. The fraction of sp³-hybridized carbons (Fsp3) is 0.409. The number of hydrogen-bond acceptors (Lipinski definition) is 5. The quantitative estimate of drug-likeness (QED) is 0.715. The molecule has 0 bridgehead atoms. The van der Waals surface area contributed by atoms with E-state index in [2.05, 4.69) is 15.0 Å². The molecule has 1 atom stereocenters. The lowest BCUT2D eigenvalue weighted by Crippen LogP contribution is -2.41. The predicted molar refractivity (Wildman–Crippen MR) is 121 cm³/mol. The Labute approximate surface area is 187 Å². The van der Waals surface area contributed by atoms with Gasteiger partial charge >= 0.3 is 6.03 Å². The second kappa shape index (κ2) is 8.87. The molecule has 0 radical (unpaired) electrons. The highest BCUT2D eigenvalue weighted by Gasteiger charge is 2.31. The van der Waals surface area contributed by atoms with Crippen molar-refractivity contribution in [3.05, 3.63) is 47.7 Å².